The van der Waals surface area contributed by atoms with Gasteiger partial charge in [-0.05, 0) is 61.0 Å². The van der Waals surface area contributed by atoms with E-state index in [0.717, 1.165) is 49.2 Å². The van der Waals surface area contributed by atoms with Crippen molar-refractivity contribution in [2.75, 3.05) is 45.4 Å². The fraction of sp³-hybridized carbons (Fsp3) is 0.278. The SMILES string of the molecule is CN(C)c1ccc(-c2ccc(-c3nc4ccc(OCCOCCOc5cccc6c5CN(C5CCC(=O)NC5=O)C6=O)cc4s3)cn2)cn1. The van der Waals surface area contributed by atoms with E-state index in [1.165, 1.54) is 4.90 Å². The minimum Gasteiger partial charge on any atom is -0.491 e. The number of hydrogen-bond acceptors (Lipinski definition) is 11. The second kappa shape index (κ2) is 14.0. The molecule has 2 aliphatic heterocycles. The minimum atomic E-state index is -0.668. The number of carbonyl (C=O) groups excluding carboxylic acids is 3. The summed E-state index contributed by atoms with van der Waals surface area (Å²) in [4.78, 5) is 54.3. The zero-order chi connectivity index (χ0) is 33.9. The number of carbonyl (C=O) groups is 3. The molecule has 2 aromatic carbocycles. The average Bonchev–Trinajstić information content (AvgIpc) is 3.69. The van der Waals surface area contributed by atoms with Crippen molar-refractivity contribution in [1.82, 2.24) is 25.2 Å². The van der Waals surface area contributed by atoms with E-state index in [1.807, 2.05) is 73.9 Å². The first-order chi connectivity index (χ1) is 23.8. The van der Waals surface area contributed by atoms with E-state index in [-0.39, 0.29) is 31.4 Å². The maximum absolute atomic E-state index is 13.0. The Bertz CT molecular complexity index is 2010. The largest absolute Gasteiger partial charge is 0.491 e. The Balaban J connectivity index is 0.871. The number of nitrogens with zero attached hydrogens (tertiary/aromatic N) is 5. The number of anilines is 1. The summed E-state index contributed by atoms with van der Waals surface area (Å²) in [5.74, 6) is 1.22. The Kier molecular flexibility index (Phi) is 9.18. The van der Waals surface area contributed by atoms with Crippen LogP contribution in [0.4, 0.5) is 5.82 Å². The zero-order valence-electron chi connectivity index (χ0n) is 27.0. The van der Waals surface area contributed by atoms with Gasteiger partial charge in [0, 0.05) is 55.2 Å². The number of amides is 3. The number of piperidine rings is 1. The molecule has 49 heavy (non-hydrogen) atoms. The fourth-order valence-corrected chi connectivity index (χ4v) is 6.82. The summed E-state index contributed by atoms with van der Waals surface area (Å²) in [6, 6.07) is 18.5. The smallest absolute Gasteiger partial charge is 0.255 e. The van der Waals surface area contributed by atoms with E-state index in [1.54, 1.807) is 29.5 Å². The second-order valence-electron chi connectivity index (χ2n) is 11.9. The predicted molar refractivity (Wildman–Crippen MR) is 185 cm³/mol. The Hall–Kier alpha value is -5.40. The Labute approximate surface area is 286 Å². The minimum absolute atomic E-state index is 0.210. The van der Waals surface area contributed by atoms with Gasteiger partial charge in [-0.25, -0.2) is 9.97 Å². The zero-order valence-corrected chi connectivity index (χ0v) is 27.9. The quantitative estimate of drug-likeness (QED) is 0.146. The summed E-state index contributed by atoms with van der Waals surface area (Å²) in [7, 11) is 3.92. The second-order valence-corrected chi connectivity index (χ2v) is 12.9. The van der Waals surface area contributed by atoms with Crippen LogP contribution in [-0.4, -0.2) is 84.1 Å². The molecule has 0 bridgehead atoms. The van der Waals surface area contributed by atoms with E-state index in [0.29, 0.717) is 37.6 Å². The van der Waals surface area contributed by atoms with Gasteiger partial charge in [0.1, 0.15) is 41.6 Å². The van der Waals surface area contributed by atoms with E-state index in [9.17, 15) is 14.4 Å². The highest BCUT2D eigenvalue weighted by atomic mass is 32.1. The van der Waals surface area contributed by atoms with Crippen LogP contribution >= 0.6 is 11.3 Å². The van der Waals surface area contributed by atoms with Gasteiger partial charge >= 0.3 is 0 Å². The van der Waals surface area contributed by atoms with Gasteiger partial charge < -0.3 is 24.0 Å². The highest BCUT2D eigenvalue weighted by molar-refractivity contribution is 7.21. The highest BCUT2D eigenvalue weighted by Gasteiger charge is 2.40. The molecule has 1 N–H and O–H groups in total. The molecule has 0 aliphatic carbocycles. The molecular weight excluding hydrogens is 644 g/mol. The van der Waals surface area contributed by atoms with Crippen molar-refractivity contribution < 1.29 is 28.6 Å². The van der Waals surface area contributed by atoms with E-state index in [2.05, 4.69) is 15.3 Å². The van der Waals surface area contributed by atoms with Crippen LogP contribution in [0, 0.1) is 0 Å². The molecule has 7 rings (SSSR count). The van der Waals surface area contributed by atoms with Crippen LogP contribution in [0.5, 0.6) is 11.5 Å². The monoisotopic (exact) mass is 678 g/mol. The molecule has 3 aromatic heterocycles. The van der Waals surface area contributed by atoms with Gasteiger partial charge in [-0.2, -0.15) is 0 Å². The first-order valence-electron chi connectivity index (χ1n) is 15.9. The third-order valence-corrected chi connectivity index (χ3v) is 9.46. The Morgan fingerprint density at radius 3 is 2.49 bits per heavy atom. The summed E-state index contributed by atoms with van der Waals surface area (Å²) in [5, 5.41) is 3.21. The van der Waals surface area contributed by atoms with Gasteiger partial charge in [0.05, 0.1) is 35.7 Å². The van der Waals surface area contributed by atoms with Crippen LogP contribution in [-0.2, 0) is 20.9 Å². The van der Waals surface area contributed by atoms with Gasteiger partial charge in [0.25, 0.3) is 5.91 Å². The van der Waals surface area contributed by atoms with Crippen molar-refractivity contribution in [3.8, 4) is 33.3 Å². The first kappa shape index (κ1) is 32.2. The van der Waals surface area contributed by atoms with Crippen molar-refractivity contribution in [3.63, 3.8) is 0 Å². The lowest BCUT2D eigenvalue weighted by Crippen LogP contribution is -2.52. The van der Waals surface area contributed by atoms with Gasteiger partial charge in [-0.15, -0.1) is 11.3 Å². The van der Waals surface area contributed by atoms with Crippen molar-refractivity contribution in [2.24, 2.45) is 0 Å². The number of benzene rings is 2. The molecule has 5 heterocycles. The molecule has 13 heteroatoms. The molecule has 1 fully saturated rings. The molecule has 0 saturated carbocycles. The number of imide groups is 1. The number of nitrogens with one attached hydrogen (secondary N) is 1. The standard InChI is InChI=1S/C36H34N6O6S/c1-41(2)32-12-7-22(19-38-32)27-9-6-23(20-37-27)35-39-28-10-8-24(18-31(28)49-35)47-16-14-46-15-17-48-30-5-3-4-25-26(30)21-42(36(25)45)29-11-13-33(43)40-34(29)44/h3-10,12,18-20,29H,11,13-17,21H2,1-2H3,(H,40,43,44). The van der Waals surface area contributed by atoms with E-state index >= 15 is 0 Å². The molecular formula is C36H34N6O6S. The molecule has 1 saturated heterocycles. The number of hydrogen-bond donors (Lipinski definition) is 1. The molecule has 0 spiro atoms. The molecule has 1 atom stereocenters. The fourth-order valence-electron chi connectivity index (χ4n) is 5.83. The lowest BCUT2D eigenvalue weighted by atomic mass is 10.0. The van der Waals surface area contributed by atoms with E-state index in [4.69, 9.17) is 19.2 Å². The molecule has 5 aromatic rings. The lowest BCUT2D eigenvalue weighted by molar-refractivity contribution is -0.136. The first-order valence-corrected chi connectivity index (χ1v) is 16.8. The summed E-state index contributed by atoms with van der Waals surface area (Å²) in [5.41, 5.74) is 4.89. The van der Waals surface area contributed by atoms with Crippen LogP contribution in [0.15, 0.2) is 73.1 Å². The van der Waals surface area contributed by atoms with Gasteiger partial charge in [-0.1, -0.05) is 6.07 Å². The summed E-state index contributed by atoms with van der Waals surface area (Å²) >= 11 is 1.58. The maximum atomic E-state index is 13.0. The summed E-state index contributed by atoms with van der Waals surface area (Å²) in [6.45, 7) is 1.61. The van der Waals surface area contributed by atoms with Crippen molar-refractivity contribution in [1.29, 1.82) is 0 Å². The normalized spacial score (nSPS) is 15.8. The van der Waals surface area contributed by atoms with Crippen molar-refractivity contribution >= 4 is 45.1 Å². The third kappa shape index (κ3) is 6.94. The molecule has 250 valence electrons. The van der Waals surface area contributed by atoms with E-state index < -0.39 is 11.9 Å². The molecule has 0 radical (unpaired) electrons. The van der Waals surface area contributed by atoms with Crippen LogP contribution in [0.3, 0.4) is 0 Å². The summed E-state index contributed by atoms with van der Waals surface area (Å²) < 4.78 is 18.6. The third-order valence-electron chi connectivity index (χ3n) is 8.39. The lowest BCUT2D eigenvalue weighted by Gasteiger charge is -2.29. The number of thiazole rings is 1. The van der Waals surface area contributed by atoms with Crippen LogP contribution < -0.4 is 19.7 Å². The van der Waals surface area contributed by atoms with Crippen molar-refractivity contribution in [3.05, 3.63) is 84.2 Å². The summed E-state index contributed by atoms with van der Waals surface area (Å²) in [6.07, 6.45) is 4.19. The number of rotatable bonds is 12. The van der Waals surface area contributed by atoms with Crippen LogP contribution in [0.2, 0.25) is 0 Å². The molecule has 2 aliphatic rings. The van der Waals surface area contributed by atoms with Crippen LogP contribution in [0.25, 0.3) is 32.0 Å². The van der Waals surface area contributed by atoms with Gasteiger partial charge in [-0.3, -0.25) is 24.7 Å². The Morgan fingerprint density at radius 2 is 1.73 bits per heavy atom. The van der Waals surface area contributed by atoms with Crippen LogP contribution in [0.1, 0.15) is 28.8 Å². The Morgan fingerprint density at radius 1 is 0.918 bits per heavy atom. The average molecular weight is 679 g/mol. The number of pyridine rings is 2. The van der Waals surface area contributed by atoms with Gasteiger partial charge in [0.15, 0.2) is 0 Å². The molecule has 3 amide bonds. The van der Waals surface area contributed by atoms with Crippen molar-refractivity contribution in [2.45, 2.75) is 25.4 Å². The predicted octanol–water partition coefficient (Wildman–Crippen LogP) is 4.72. The van der Waals surface area contributed by atoms with Gasteiger partial charge in [0.2, 0.25) is 11.8 Å². The molecule has 12 nitrogen and oxygen atoms in total. The number of fused-ring (bicyclic) bond motifs is 2. The topological polar surface area (TPSA) is 136 Å². The molecule has 1 unspecified atom stereocenters. The maximum Gasteiger partial charge on any atom is 0.255 e. The number of ether oxygens (including phenoxy) is 3. The highest BCUT2D eigenvalue weighted by Crippen LogP contribution is 2.34. The number of aromatic nitrogens is 3.